The zero-order valence-corrected chi connectivity index (χ0v) is 17.8. The molecule has 0 bridgehead atoms. The Kier molecular flexibility index (Phi) is 6.66. The van der Waals surface area contributed by atoms with Crippen LogP contribution in [0, 0.1) is 6.92 Å². The quantitative estimate of drug-likeness (QED) is 0.692. The second-order valence-corrected chi connectivity index (χ2v) is 8.92. The highest BCUT2D eigenvalue weighted by atomic mass is 35.5. The minimum atomic E-state index is -3.77. The average Bonchev–Trinajstić information content (AvgIpc) is 2.68. The largest absolute Gasteiger partial charge is 0.486 e. The van der Waals surface area contributed by atoms with Crippen LogP contribution in [0.25, 0.3) is 0 Å². The van der Waals surface area contributed by atoms with E-state index in [0.29, 0.717) is 42.7 Å². The number of fused-ring (bicyclic) bond motifs is 1. The number of halogens is 1. The first kappa shape index (κ1) is 21.4. The van der Waals surface area contributed by atoms with Crippen molar-refractivity contribution in [3.8, 4) is 11.5 Å². The van der Waals surface area contributed by atoms with E-state index >= 15 is 0 Å². The molecule has 1 amide bonds. The summed E-state index contributed by atoms with van der Waals surface area (Å²) in [5.74, 6) is 0.707. The molecule has 1 heterocycles. The van der Waals surface area contributed by atoms with E-state index in [4.69, 9.17) is 21.1 Å². The van der Waals surface area contributed by atoms with Crippen LogP contribution in [0.1, 0.15) is 18.1 Å². The van der Waals surface area contributed by atoms with Crippen LogP contribution in [0.4, 0.5) is 0 Å². The molecule has 0 aromatic heterocycles. The molecule has 2 aromatic rings. The predicted octanol–water partition coefficient (Wildman–Crippen LogP) is 2.45. The van der Waals surface area contributed by atoms with E-state index in [0.717, 1.165) is 11.1 Å². The van der Waals surface area contributed by atoms with Crippen molar-refractivity contribution in [2.24, 2.45) is 0 Å². The molecule has 29 heavy (non-hydrogen) atoms. The third kappa shape index (κ3) is 5.41. The molecule has 156 valence electrons. The van der Waals surface area contributed by atoms with Gasteiger partial charge in [-0.1, -0.05) is 29.3 Å². The van der Waals surface area contributed by atoms with Crippen LogP contribution in [0.15, 0.2) is 41.3 Å². The fourth-order valence-corrected chi connectivity index (χ4v) is 4.35. The van der Waals surface area contributed by atoms with Crippen LogP contribution in [-0.4, -0.2) is 40.1 Å². The third-order valence-electron chi connectivity index (χ3n) is 4.43. The van der Waals surface area contributed by atoms with Gasteiger partial charge in [-0.15, -0.1) is 0 Å². The summed E-state index contributed by atoms with van der Waals surface area (Å²) in [4.78, 5) is 12.4. The lowest BCUT2D eigenvalue weighted by Crippen LogP contribution is -2.45. The van der Waals surface area contributed by atoms with Gasteiger partial charge in [0.1, 0.15) is 13.2 Å². The van der Waals surface area contributed by atoms with Gasteiger partial charge in [-0.05, 0) is 50.1 Å². The highest BCUT2D eigenvalue weighted by molar-refractivity contribution is 7.89. The molecule has 1 aliphatic rings. The fraction of sp³-hybridized carbons (Fsp3) is 0.350. The number of carbonyl (C=O) groups excluding carboxylic acids is 1. The minimum absolute atomic E-state index is 0.119. The van der Waals surface area contributed by atoms with Gasteiger partial charge in [-0.2, -0.15) is 4.72 Å². The molecule has 7 nitrogen and oxygen atoms in total. The number of carbonyl (C=O) groups is 1. The van der Waals surface area contributed by atoms with E-state index in [9.17, 15) is 13.2 Å². The molecule has 9 heteroatoms. The number of hydrogen-bond acceptors (Lipinski definition) is 5. The van der Waals surface area contributed by atoms with Crippen molar-refractivity contribution in [1.29, 1.82) is 0 Å². The Morgan fingerprint density at radius 2 is 1.86 bits per heavy atom. The van der Waals surface area contributed by atoms with E-state index < -0.39 is 22.0 Å². The van der Waals surface area contributed by atoms with Crippen molar-refractivity contribution in [2.45, 2.75) is 31.2 Å². The lowest BCUT2D eigenvalue weighted by atomic mass is 10.1. The molecule has 2 N–H and O–H groups in total. The summed E-state index contributed by atoms with van der Waals surface area (Å²) in [6.07, 6.45) is 0.513. The fourth-order valence-electron chi connectivity index (χ4n) is 2.86. The molecular formula is C20H23ClN2O5S. The van der Waals surface area contributed by atoms with E-state index in [1.165, 1.54) is 19.1 Å². The molecule has 0 saturated heterocycles. The van der Waals surface area contributed by atoms with Crippen molar-refractivity contribution in [1.82, 2.24) is 10.0 Å². The molecule has 0 saturated carbocycles. The average molecular weight is 439 g/mol. The zero-order chi connectivity index (χ0) is 21.0. The zero-order valence-electron chi connectivity index (χ0n) is 16.2. The van der Waals surface area contributed by atoms with Gasteiger partial charge in [0.05, 0.1) is 16.0 Å². The van der Waals surface area contributed by atoms with Crippen LogP contribution in [0.5, 0.6) is 11.5 Å². The van der Waals surface area contributed by atoms with Gasteiger partial charge in [0.25, 0.3) is 0 Å². The molecule has 0 spiro atoms. The number of nitrogens with one attached hydrogen (secondary N) is 2. The maximum absolute atomic E-state index is 12.4. The number of amides is 1. The maximum Gasteiger partial charge on any atom is 0.241 e. The minimum Gasteiger partial charge on any atom is -0.486 e. The Bertz CT molecular complexity index is 993. The van der Waals surface area contributed by atoms with Crippen molar-refractivity contribution < 1.29 is 22.7 Å². The molecule has 2 aromatic carbocycles. The normalized spacial score (nSPS) is 14.3. The number of hydrogen-bond donors (Lipinski definition) is 2. The van der Waals surface area contributed by atoms with Gasteiger partial charge < -0.3 is 14.8 Å². The van der Waals surface area contributed by atoms with Crippen molar-refractivity contribution >= 4 is 27.5 Å². The lowest BCUT2D eigenvalue weighted by Gasteiger charge is -2.20. The van der Waals surface area contributed by atoms with E-state index in [1.807, 2.05) is 13.0 Å². The maximum atomic E-state index is 12.4. The summed E-state index contributed by atoms with van der Waals surface area (Å²) < 4.78 is 38.2. The highest BCUT2D eigenvalue weighted by Gasteiger charge is 2.22. The first-order valence-corrected chi connectivity index (χ1v) is 11.1. The topological polar surface area (TPSA) is 93.7 Å². The van der Waals surface area contributed by atoms with Crippen LogP contribution in [-0.2, 0) is 21.2 Å². The molecular weight excluding hydrogens is 416 g/mol. The summed E-state index contributed by atoms with van der Waals surface area (Å²) in [6, 6.07) is 9.11. The summed E-state index contributed by atoms with van der Waals surface area (Å²) in [7, 11) is -3.77. The Labute approximate surface area is 175 Å². The number of ether oxygens (including phenoxy) is 2. The molecule has 1 aliphatic heterocycles. The smallest absolute Gasteiger partial charge is 0.241 e. The molecule has 0 unspecified atom stereocenters. The number of aryl methyl sites for hydroxylation is 1. The van der Waals surface area contributed by atoms with Crippen LogP contribution >= 0.6 is 11.6 Å². The summed E-state index contributed by atoms with van der Waals surface area (Å²) in [5, 5.41) is 3.19. The second kappa shape index (κ2) is 9.02. The summed E-state index contributed by atoms with van der Waals surface area (Å²) in [6.45, 7) is 4.61. The third-order valence-corrected chi connectivity index (χ3v) is 6.26. The molecule has 0 aliphatic carbocycles. The number of benzene rings is 2. The molecule has 1 atom stereocenters. The monoisotopic (exact) mass is 438 g/mol. The Hall–Kier alpha value is -2.29. The van der Waals surface area contributed by atoms with Gasteiger partial charge >= 0.3 is 0 Å². The van der Waals surface area contributed by atoms with Gasteiger partial charge in [0.15, 0.2) is 11.5 Å². The number of rotatable bonds is 7. The van der Waals surface area contributed by atoms with Crippen molar-refractivity contribution in [2.75, 3.05) is 19.8 Å². The summed E-state index contributed by atoms with van der Waals surface area (Å²) >= 11 is 6.21. The number of sulfonamides is 1. The van der Waals surface area contributed by atoms with E-state index in [-0.39, 0.29) is 4.90 Å². The Balaban J connectivity index is 1.54. The van der Waals surface area contributed by atoms with Crippen molar-refractivity contribution in [3.05, 3.63) is 52.5 Å². The first-order chi connectivity index (χ1) is 13.8. The second-order valence-electron chi connectivity index (χ2n) is 6.80. The lowest BCUT2D eigenvalue weighted by molar-refractivity contribution is -0.122. The van der Waals surface area contributed by atoms with Gasteiger partial charge in [-0.25, -0.2) is 8.42 Å². The van der Waals surface area contributed by atoms with Crippen LogP contribution < -0.4 is 19.5 Å². The van der Waals surface area contributed by atoms with Crippen molar-refractivity contribution in [3.63, 3.8) is 0 Å². The first-order valence-electron chi connectivity index (χ1n) is 9.21. The molecule has 0 radical (unpaired) electrons. The van der Waals surface area contributed by atoms with Gasteiger partial charge in [-0.3, -0.25) is 4.79 Å². The Morgan fingerprint density at radius 3 is 2.59 bits per heavy atom. The van der Waals surface area contributed by atoms with E-state index in [2.05, 4.69) is 10.0 Å². The standard InChI is InChI=1S/C20H23ClN2O5S/c1-13-3-5-16(6-4-13)29(25,26)23-14(2)20(24)22-8-7-15-11-17(21)19-18(12-15)27-9-10-28-19/h3-6,11-12,14,23H,7-10H2,1-2H3,(H,22,24)/t14-/m0/s1. The van der Waals surface area contributed by atoms with Crippen LogP contribution in [0.2, 0.25) is 5.02 Å². The van der Waals surface area contributed by atoms with E-state index in [1.54, 1.807) is 18.2 Å². The molecule has 3 rings (SSSR count). The highest BCUT2D eigenvalue weighted by Crippen LogP contribution is 2.38. The Morgan fingerprint density at radius 1 is 1.17 bits per heavy atom. The van der Waals surface area contributed by atoms with Gasteiger partial charge in [0, 0.05) is 6.54 Å². The van der Waals surface area contributed by atoms with Crippen LogP contribution in [0.3, 0.4) is 0 Å². The summed E-state index contributed by atoms with van der Waals surface area (Å²) in [5.41, 5.74) is 1.83. The SMILES string of the molecule is Cc1ccc(S(=O)(=O)N[C@@H](C)C(=O)NCCc2cc(Cl)c3c(c2)OCCO3)cc1. The molecule has 0 fully saturated rings. The predicted molar refractivity (Wildman–Crippen MR) is 110 cm³/mol. The van der Waals surface area contributed by atoms with Gasteiger partial charge in [0.2, 0.25) is 15.9 Å².